The van der Waals surface area contributed by atoms with E-state index in [0.717, 1.165) is 35.1 Å². The molecule has 0 bridgehead atoms. The van der Waals surface area contributed by atoms with Crippen molar-refractivity contribution in [2.24, 2.45) is 5.41 Å². The predicted molar refractivity (Wildman–Crippen MR) is 84.0 cm³/mol. The second kappa shape index (κ2) is 6.08. The van der Waals surface area contributed by atoms with Gasteiger partial charge in [-0.1, -0.05) is 42.6 Å². The van der Waals surface area contributed by atoms with E-state index in [4.69, 9.17) is 0 Å². The van der Waals surface area contributed by atoms with E-state index in [1.165, 1.54) is 25.7 Å². The molecule has 0 amide bonds. The Labute approximate surface area is 124 Å². The van der Waals surface area contributed by atoms with E-state index in [-0.39, 0.29) is 0 Å². The highest BCUT2D eigenvalue weighted by molar-refractivity contribution is 9.10. The van der Waals surface area contributed by atoms with Crippen LogP contribution < -0.4 is 4.90 Å². The molecule has 1 aliphatic rings. The average molecular weight is 324 g/mol. The molecule has 1 aromatic rings. The van der Waals surface area contributed by atoms with Crippen LogP contribution in [0.3, 0.4) is 0 Å². The van der Waals surface area contributed by atoms with Gasteiger partial charge in [0.2, 0.25) is 0 Å². The fourth-order valence-electron chi connectivity index (χ4n) is 3.09. The molecule has 1 heterocycles. The molecule has 1 saturated heterocycles. The molecule has 104 valence electrons. The topological polar surface area (TPSA) is 20.3 Å². The lowest BCUT2D eigenvalue weighted by atomic mass is 9.74. The smallest absolute Gasteiger partial charge is 0.152 e. The van der Waals surface area contributed by atoms with Crippen LogP contribution in [0.5, 0.6) is 0 Å². The lowest BCUT2D eigenvalue weighted by Crippen LogP contribution is -2.40. The molecule has 2 rings (SSSR count). The van der Waals surface area contributed by atoms with Crippen molar-refractivity contribution in [2.45, 2.75) is 39.5 Å². The minimum absolute atomic E-state index is 0.521. The van der Waals surface area contributed by atoms with Crippen molar-refractivity contribution >= 4 is 27.9 Å². The van der Waals surface area contributed by atoms with Gasteiger partial charge in [-0.05, 0) is 36.5 Å². The van der Waals surface area contributed by atoms with Gasteiger partial charge in [0.05, 0.1) is 0 Å². The molecule has 0 atom stereocenters. The first kappa shape index (κ1) is 14.6. The highest BCUT2D eigenvalue weighted by Gasteiger charge is 2.31. The molecule has 0 radical (unpaired) electrons. The van der Waals surface area contributed by atoms with Crippen LogP contribution in [-0.2, 0) is 0 Å². The maximum Gasteiger partial charge on any atom is 0.152 e. The Morgan fingerprint density at radius 3 is 2.42 bits per heavy atom. The van der Waals surface area contributed by atoms with Crippen molar-refractivity contribution in [3.8, 4) is 0 Å². The van der Waals surface area contributed by atoms with Gasteiger partial charge in [0.15, 0.2) is 6.29 Å². The molecule has 2 nitrogen and oxygen atoms in total. The van der Waals surface area contributed by atoms with Gasteiger partial charge in [-0.3, -0.25) is 4.79 Å². The summed E-state index contributed by atoms with van der Waals surface area (Å²) < 4.78 is 0.965. The van der Waals surface area contributed by atoms with Gasteiger partial charge in [-0.15, -0.1) is 0 Å². The first-order valence-electron chi connectivity index (χ1n) is 7.14. The van der Waals surface area contributed by atoms with Crippen molar-refractivity contribution in [2.75, 3.05) is 18.0 Å². The van der Waals surface area contributed by atoms with Crippen LogP contribution in [-0.4, -0.2) is 19.4 Å². The fourth-order valence-corrected chi connectivity index (χ4v) is 3.47. The number of halogens is 1. The average Bonchev–Trinajstić information content (AvgIpc) is 2.47. The molecular formula is C16H22BrNO. The Hall–Kier alpha value is -0.830. The Kier molecular flexibility index (Phi) is 4.67. The maximum atomic E-state index is 11.2. The SMILES string of the molecule is CCC1(CC)CCN(c2ccc(Br)cc2C=O)CC1. The zero-order chi connectivity index (χ0) is 13.9. The zero-order valence-electron chi connectivity index (χ0n) is 11.8. The summed E-state index contributed by atoms with van der Waals surface area (Å²) >= 11 is 3.42. The molecule has 0 saturated carbocycles. The Bertz CT molecular complexity index is 444. The fraction of sp³-hybridized carbons (Fsp3) is 0.562. The van der Waals surface area contributed by atoms with Crippen molar-refractivity contribution in [3.63, 3.8) is 0 Å². The molecule has 1 aliphatic heterocycles. The number of benzene rings is 1. The van der Waals surface area contributed by atoms with Gasteiger partial charge in [-0.25, -0.2) is 0 Å². The third kappa shape index (κ3) is 3.02. The summed E-state index contributed by atoms with van der Waals surface area (Å²) in [6.07, 6.45) is 5.95. The van der Waals surface area contributed by atoms with E-state index >= 15 is 0 Å². The second-order valence-electron chi connectivity index (χ2n) is 5.52. The summed E-state index contributed by atoms with van der Waals surface area (Å²) in [7, 11) is 0. The first-order chi connectivity index (χ1) is 9.14. The van der Waals surface area contributed by atoms with Gasteiger partial charge in [-0.2, -0.15) is 0 Å². The van der Waals surface area contributed by atoms with Crippen molar-refractivity contribution in [3.05, 3.63) is 28.2 Å². The Morgan fingerprint density at radius 2 is 1.89 bits per heavy atom. The minimum atomic E-state index is 0.521. The Balaban J connectivity index is 2.16. The third-order valence-electron chi connectivity index (χ3n) is 4.78. The van der Waals surface area contributed by atoms with Crippen LogP contribution in [0.1, 0.15) is 49.9 Å². The first-order valence-corrected chi connectivity index (χ1v) is 7.93. The standard InChI is InChI=1S/C16H22BrNO/c1-3-16(4-2)7-9-18(10-8-16)15-6-5-14(17)11-13(15)12-19/h5-6,11-12H,3-4,7-10H2,1-2H3. The molecule has 3 heteroatoms. The van der Waals surface area contributed by atoms with Crippen molar-refractivity contribution < 1.29 is 4.79 Å². The zero-order valence-corrected chi connectivity index (χ0v) is 13.4. The van der Waals surface area contributed by atoms with E-state index in [2.05, 4.69) is 40.7 Å². The van der Waals surface area contributed by atoms with Crippen LogP contribution in [0.25, 0.3) is 0 Å². The summed E-state index contributed by atoms with van der Waals surface area (Å²) in [5, 5.41) is 0. The Morgan fingerprint density at radius 1 is 1.26 bits per heavy atom. The molecule has 1 fully saturated rings. The van der Waals surface area contributed by atoms with Gasteiger partial charge in [0.1, 0.15) is 0 Å². The second-order valence-corrected chi connectivity index (χ2v) is 6.43. The highest BCUT2D eigenvalue weighted by atomic mass is 79.9. The number of aldehydes is 1. The van der Waals surface area contributed by atoms with E-state index in [9.17, 15) is 4.79 Å². The van der Waals surface area contributed by atoms with E-state index in [1.54, 1.807) is 0 Å². The van der Waals surface area contributed by atoms with E-state index in [1.807, 2.05) is 12.1 Å². The highest BCUT2D eigenvalue weighted by Crippen LogP contribution is 2.39. The molecule has 0 aromatic heterocycles. The summed E-state index contributed by atoms with van der Waals surface area (Å²) in [4.78, 5) is 13.6. The molecular weight excluding hydrogens is 302 g/mol. The molecule has 0 N–H and O–H groups in total. The normalized spacial score (nSPS) is 18.4. The number of carbonyl (C=O) groups is 1. The lowest BCUT2D eigenvalue weighted by molar-refractivity contribution is 0.112. The van der Waals surface area contributed by atoms with Gasteiger partial charge >= 0.3 is 0 Å². The van der Waals surface area contributed by atoms with Crippen LogP contribution in [0.15, 0.2) is 22.7 Å². The molecule has 1 aromatic carbocycles. The van der Waals surface area contributed by atoms with Gasteiger partial charge in [0.25, 0.3) is 0 Å². The van der Waals surface area contributed by atoms with Gasteiger partial charge < -0.3 is 4.90 Å². The van der Waals surface area contributed by atoms with Gasteiger partial charge in [0, 0.05) is 28.8 Å². The molecule has 0 unspecified atom stereocenters. The van der Waals surface area contributed by atoms with E-state index < -0.39 is 0 Å². The number of rotatable bonds is 4. The number of piperidine rings is 1. The van der Waals surface area contributed by atoms with Crippen LogP contribution >= 0.6 is 15.9 Å². The van der Waals surface area contributed by atoms with Crippen LogP contribution in [0, 0.1) is 5.41 Å². The molecule has 0 spiro atoms. The number of nitrogens with zero attached hydrogens (tertiary/aromatic N) is 1. The largest absolute Gasteiger partial charge is 0.371 e. The lowest BCUT2D eigenvalue weighted by Gasteiger charge is -2.42. The number of hydrogen-bond donors (Lipinski definition) is 0. The third-order valence-corrected chi connectivity index (χ3v) is 5.27. The molecule has 0 aliphatic carbocycles. The number of carbonyl (C=O) groups excluding carboxylic acids is 1. The van der Waals surface area contributed by atoms with Crippen LogP contribution in [0.4, 0.5) is 5.69 Å². The predicted octanol–water partition coefficient (Wildman–Crippen LogP) is 4.67. The molecule has 19 heavy (non-hydrogen) atoms. The van der Waals surface area contributed by atoms with Crippen LogP contribution in [0.2, 0.25) is 0 Å². The summed E-state index contributed by atoms with van der Waals surface area (Å²) in [6, 6.07) is 5.98. The summed E-state index contributed by atoms with van der Waals surface area (Å²) in [5.74, 6) is 0. The maximum absolute atomic E-state index is 11.2. The number of hydrogen-bond acceptors (Lipinski definition) is 2. The summed E-state index contributed by atoms with van der Waals surface area (Å²) in [6.45, 7) is 6.72. The quantitative estimate of drug-likeness (QED) is 0.750. The van der Waals surface area contributed by atoms with E-state index in [0.29, 0.717) is 5.41 Å². The van der Waals surface area contributed by atoms with Crippen molar-refractivity contribution in [1.29, 1.82) is 0 Å². The minimum Gasteiger partial charge on any atom is -0.371 e. The monoisotopic (exact) mass is 323 g/mol. The van der Waals surface area contributed by atoms with Crippen molar-refractivity contribution in [1.82, 2.24) is 0 Å². The number of anilines is 1. The summed E-state index contributed by atoms with van der Waals surface area (Å²) in [5.41, 5.74) is 2.39.